The largest absolute Gasteiger partial charge is 0.550 e. The molecule has 0 bridgehead atoms. The second kappa shape index (κ2) is 16.6. The van der Waals surface area contributed by atoms with Crippen LogP contribution in [-0.4, -0.2) is 36.6 Å². The Kier molecular flexibility index (Phi) is 17.6. The Morgan fingerprint density at radius 2 is 0.885 bits per heavy atom. The lowest BCUT2D eigenvalue weighted by atomic mass is 9.76. The van der Waals surface area contributed by atoms with E-state index in [9.17, 15) is 9.90 Å². The number of hydrogen-bond donors (Lipinski definition) is 0. The number of carbonyl (C=O) groups is 1. The Morgan fingerprint density at radius 1 is 0.615 bits per heavy atom. The Morgan fingerprint density at radius 3 is 1.04 bits per heavy atom. The zero-order valence-electron chi connectivity index (χ0n) is 19.2. The van der Waals surface area contributed by atoms with Gasteiger partial charge in [0.1, 0.15) is 0 Å². The van der Waals surface area contributed by atoms with Crippen molar-refractivity contribution in [2.24, 2.45) is 5.41 Å². The van der Waals surface area contributed by atoms with E-state index in [0.717, 1.165) is 38.5 Å². The third-order valence-corrected chi connectivity index (χ3v) is 5.41. The molecule has 0 rings (SSSR count). The Bertz CT molecular complexity index is 282. The van der Waals surface area contributed by atoms with Crippen LogP contribution in [-0.2, 0) is 4.79 Å². The minimum Gasteiger partial charge on any atom is -0.550 e. The molecule has 0 aromatic carbocycles. The van der Waals surface area contributed by atoms with Gasteiger partial charge in [-0.2, -0.15) is 0 Å². The van der Waals surface area contributed by atoms with Gasteiger partial charge < -0.3 is 14.4 Å². The average molecular weight is 372 g/mol. The third-order valence-electron chi connectivity index (χ3n) is 5.41. The molecule has 3 heteroatoms. The van der Waals surface area contributed by atoms with Gasteiger partial charge in [-0.15, -0.1) is 0 Å². The van der Waals surface area contributed by atoms with Crippen LogP contribution < -0.4 is 5.11 Å². The topological polar surface area (TPSA) is 40.1 Å². The highest BCUT2D eigenvalue weighted by molar-refractivity contribution is 5.72. The summed E-state index contributed by atoms with van der Waals surface area (Å²) in [6.45, 7) is 20.9. The van der Waals surface area contributed by atoms with Crippen LogP contribution in [0.1, 0.15) is 113 Å². The van der Waals surface area contributed by atoms with Crippen molar-refractivity contribution in [2.75, 3.05) is 26.2 Å². The summed E-state index contributed by atoms with van der Waals surface area (Å²) in [5, 5.41) is 11.1. The predicted octanol–water partition coefficient (Wildman–Crippen LogP) is 5.57. The van der Waals surface area contributed by atoms with Gasteiger partial charge in [-0.3, -0.25) is 0 Å². The Balaban J connectivity index is 0. The molecule has 0 amide bonds. The number of nitrogens with zero attached hydrogens (tertiary/aromatic N) is 1. The van der Waals surface area contributed by atoms with E-state index in [1.807, 2.05) is 20.8 Å². The van der Waals surface area contributed by atoms with Gasteiger partial charge in [0.15, 0.2) is 0 Å². The summed E-state index contributed by atoms with van der Waals surface area (Å²) in [6.07, 6.45) is 10.4. The molecule has 0 fully saturated rings. The quantitative estimate of drug-likeness (QED) is 0.353. The number of carbonyl (C=O) groups excluding carboxylic acids is 1. The smallest absolute Gasteiger partial charge is 0.0783 e. The molecular weight excluding hydrogens is 322 g/mol. The van der Waals surface area contributed by atoms with Gasteiger partial charge in [-0.1, -0.05) is 67.7 Å². The number of aliphatic carboxylic acids is 1. The molecule has 0 spiro atoms. The van der Waals surface area contributed by atoms with E-state index >= 15 is 0 Å². The Hall–Kier alpha value is -0.570. The lowest BCUT2D eigenvalue weighted by Crippen LogP contribution is -2.50. The van der Waals surface area contributed by atoms with Crippen LogP contribution in [0.5, 0.6) is 0 Å². The fourth-order valence-electron chi connectivity index (χ4n) is 4.69. The number of hydrogen-bond acceptors (Lipinski definition) is 2. The molecule has 0 atom stereocenters. The van der Waals surface area contributed by atoms with Crippen LogP contribution in [0.3, 0.4) is 0 Å². The lowest BCUT2D eigenvalue weighted by molar-refractivity contribution is -0.928. The van der Waals surface area contributed by atoms with E-state index < -0.39 is 11.4 Å². The molecule has 0 aliphatic heterocycles. The first kappa shape index (κ1) is 27.6. The molecule has 0 aromatic heterocycles. The summed E-state index contributed by atoms with van der Waals surface area (Å²) in [7, 11) is 0. The van der Waals surface area contributed by atoms with Crippen molar-refractivity contribution >= 4 is 5.97 Å². The maximum Gasteiger partial charge on any atom is 0.0783 e. The Labute approximate surface area is 165 Å². The minimum atomic E-state index is -0.849. The van der Waals surface area contributed by atoms with Gasteiger partial charge in [-0.05, 0) is 44.9 Å². The molecule has 0 radical (unpaired) electrons. The van der Waals surface area contributed by atoms with Crippen LogP contribution in [0.4, 0.5) is 0 Å². The van der Waals surface area contributed by atoms with Gasteiger partial charge >= 0.3 is 0 Å². The van der Waals surface area contributed by atoms with E-state index in [0.29, 0.717) is 0 Å². The molecule has 0 saturated heterocycles. The van der Waals surface area contributed by atoms with Crippen molar-refractivity contribution in [2.45, 2.75) is 113 Å². The van der Waals surface area contributed by atoms with Crippen molar-refractivity contribution in [1.29, 1.82) is 0 Å². The molecular formula is C23H49NO2. The van der Waals surface area contributed by atoms with E-state index in [1.54, 1.807) is 0 Å². The van der Waals surface area contributed by atoms with Crippen LogP contribution in [0.15, 0.2) is 0 Å². The summed E-state index contributed by atoms with van der Waals surface area (Å²) in [6, 6.07) is 0. The first-order valence-electron chi connectivity index (χ1n) is 11.4. The normalized spacial score (nSPS) is 11.8. The zero-order chi connectivity index (χ0) is 20.5. The summed E-state index contributed by atoms with van der Waals surface area (Å²) >= 11 is 0. The van der Waals surface area contributed by atoms with Crippen LogP contribution >= 0.6 is 0 Å². The zero-order valence-corrected chi connectivity index (χ0v) is 19.2. The van der Waals surface area contributed by atoms with Crippen molar-refractivity contribution < 1.29 is 14.4 Å². The first-order chi connectivity index (χ1) is 12.4. The molecule has 0 aliphatic rings. The summed E-state index contributed by atoms with van der Waals surface area (Å²) in [5.41, 5.74) is -0.543. The van der Waals surface area contributed by atoms with Gasteiger partial charge in [-0.25, -0.2) is 0 Å². The van der Waals surface area contributed by atoms with Crippen molar-refractivity contribution in [3.8, 4) is 0 Å². The van der Waals surface area contributed by atoms with Crippen LogP contribution in [0, 0.1) is 5.41 Å². The number of rotatable bonds is 15. The number of carboxylic acids is 1. The van der Waals surface area contributed by atoms with E-state index in [4.69, 9.17) is 0 Å². The molecule has 158 valence electrons. The molecule has 3 nitrogen and oxygen atoms in total. The van der Waals surface area contributed by atoms with E-state index in [-0.39, 0.29) is 0 Å². The molecule has 0 unspecified atom stereocenters. The number of carboxylic acid groups (broad SMARTS) is 1. The van der Waals surface area contributed by atoms with Gasteiger partial charge in [0, 0.05) is 11.4 Å². The summed E-state index contributed by atoms with van der Waals surface area (Å²) in [4.78, 5) is 11.1. The average Bonchev–Trinajstić information content (AvgIpc) is 2.57. The summed E-state index contributed by atoms with van der Waals surface area (Å²) in [5.74, 6) is -0.849. The fourth-order valence-corrected chi connectivity index (χ4v) is 4.69. The van der Waals surface area contributed by atoms with Crippen LogP contribution in [0.2, 0.25) is 0 Å². The number of quaternary nitrogens is 1. The molecule has 26 heavy (non-hydrogen) atoms. The highest BCUT2D eigenvalue weighted by Gasteiger charge is 2.28. The maximum atomic E-state index is 11.1. The summed E-state index contributed by atoms with van der Waals surface area (Å²) < 4.78 is 1.38. The van der Waals surface area contributed by atoms with Crippen molar-refractivity contribution in [3.05, 3.63) is 0 Å². The molecule has 0 saturated carbocycles. The van der Waals surface area contributed by atoms with Gasteiger partial charge in [0.05, 0.1) is 26.2 Å². The van der Waals surface area contributed by atoms with E-state index in [2.05, 4.69) is 27.7 Å². The van der Waals surface area contributed by atoms with Crippen molar-refractivity contribution in [3.63, 3.8) is 0 Å². The molecule has 0 heterocycles. The standard InChI is InChI=1S/C12H28N.C11H22O2/c1-5-9-13(10-6-2,11-7-3)12-8-4;1-4-7-11(8-5-2,9-6-3)10(12)13/h5-12H2,1-4H3;4-9H2,1-3H3,(H,12,13)/q+1;/p-1. The van der Waals surface area contributed by atoms with Gasteiger partial charge in [0.2, 0.25) is 0 Å². The SMILES string of the molecule is CCCC(CCC)(CCC)C(=O)[O-].CCC[N+](CCC)(CCC)CCC. The highest BCUT2D eigenvalue weighted by atomic mass is 16.4. The monoisotopic (exact) mass is 371 g/mol. The first-order valence-corrected chi connectivity index (χ1v) is 11.4. The maximum absolute atomic E-state index is 11.1. The minimum absolute atomic E-state index is 0.543. The second-order valence-electron chi connectivity index (χ2n) is 8.05. The lowest BCUT2D eigenvalue weighted by Gasteiger charge is -2.38. The van der Waals surface area contributed by atoms with E-state index in [1.165, 1.54) is 56.3 Å². The third kappa shape index (κ3) is 10.5. The molecule has 0 aliphatic carbocycles. The highest BCUT2D eigenvalue weighted by Crippen LogP contribution is 2.34. The van der Waals surface area contributed by atoms with Crippen molar-refractivity contribution in [1.82, 2.24) is 0 Å². The predicted molar refractivity (Wildman–Crippen MR) is 113 cm³/mol. The van der Waals surface area contributed by atoms with Crippen LogP contribution in [0.25, 0.3) is 0 Å². The van der Waals surface area contributed by atoms with Gasteiger partial charge in [0.25, 0.3) is 0 Å². The molecule has 0 N–H and O–H groups in total. The molecule has 0 aromatic rings. The fraction of sp³-hybridized carbons (Fsp3) is 0.957. The second-order valence-corrected chi connectivity index (χ2v) is 8.05.